The maximum Gasteiger partial charge on any atom is 0.416 e. The summed E-state index contributed by atoms with van der Waals surface area (Å²) in [6.07, 6.45) is -3.67. The maximum atomic E-state index is 12.8. The number of carbonyl (C=O) groups excluding carboxylic acids is 1. The predicted molar refractivity (Wildman–Crippen MR) is 115 cm³/mol. The first kappa shape index (κ1) is 23.9. The molecule has 0 bridgehead atoms. The van der Waals surface area contributed by atoms with Crippen molar-refractivity contribution in [2.75, 3.05) is 38.0 Å². The van der Waals surface area contributed by atoms with E-state index in [1.54, 1.807) is 16.2 Å². The van der Waals surface area contributed by atoms with Gasteiger partial charge >= 0.3 is 6.18 Å². The molecule has 12 heteroatoms. The Labute approximate surface area is 187 Å². The molecule has 8 nitrogen and oxygen atoms in total. The number of carbonyl (C=O) groups is 1. The van der Waals surface area contributed by atoms with Crippen LogP contribution in [0.15, 0.2) is 23.6 Å². The molecule has 0 unspecified atom stereocenters. The third kappa shape index (κ3) is 6.16. The fourth-order valence-corrected chi connectivity index (χ4v) is 4.18. The van der Waals surface area contributed by atoms with Crippen LogP contribution in [0.25, 0.3) is 0 Å². The number of piperazine rings is 1. The Morgan fingerprint density at radius 3 is 2.59 bits per heavy atom. The van der Waals surface area contributed by atoms with Crippen molar-refractivity contribution in [3.63, 3.8) is 0 Å². The number of anilines is 1. The molecule has 0 saturated carbocycles. The molecule has 2 heterocycles. The number of halogens is 3. The van der Waals surface area contributed by atoms with Crippen LogP contribution in [0.1, 0.15) is 29.6 Å². The normalized spacial score (nSPS) is 15.1. The number of thiazole rings is 1. The Morgan fingerprint density at radius 2 is 2.00 bits per heavy atom. The van der Waals surface area contributed by atoms with Crippen LogP contribution in [0.4, 0.5) is 24.5 Å². The van der Waals surface area contributed by atoms with Crippen LogP contribution in [0.3, 0.4) is 0 Å². The summed E-state index contributed by atoms with van der Waals surface area (Å²) in [5.41, 5.74) is -0.772. The largest absolute Gasteiger partial charge is 0.416 e. The van der Waals surface area contributed by atoms with Crippen LogP contribution in [0.2, 0.25) is 0 Å². The lowest BCUT2D eigenvalue weighted by atomic mass is 10.1. The van der Waals surface area contributed by atoms with Gasteiger partial charge in [-0.15, -0.1) is 11.3 Å². The SMILES string of the molecule is CCc1nc(CN2CCN(C(=O)CCNc3ccc(C(F)(F)F)cc3[N+](=O)[O-])CC2)cs1. The minimum Gasteiger partial charge on any atom is -0.379 e. The molecule has 0 atom stereocenters. The van der Waals surface area contributed by atoms with Gasteiger partial charge in [0.2, 0.25) is 5.91 Å². The molecule has 0 radical (unpaired) electrons. The van der Waals surface area contributed by atoms with Crippen molar-refractivity contribution in [3.8, 4) is 0 Å². The van der Waals surface area contributed by atoms with E-state index in [0.29, 0.717) is 19.2 Å². The number of hydrogen-bond acceptors (Lipinski definition) is 7. The Morgan fingerprint density at radius 1 is 1.28 bits per heavy atom. The molecule has 0 spiro atoms. The molecule has 32 heavy (non-hydrogen) atoms. The maximum absolute atomic E-state index is 12.8. The average molecular weight is 472 g/mol. The lowest BCUT2D eigenvalue weighted by molar-refractivity contribution is -0.384. The first-order valence-corrected chi connectivity index (χ1v) is 11.1. The van der Waals surface area contributed by atoms with Gasteiger partial charge < -0.3 is 10.2 Å². The topological polar surface area (TPSA) is 91.6 Å². The first-order valence-electron chi connectivity index (χ1n) is 10.2. The number of hydrogen-bond donors (Lipinski definition) is 1. The van der Waals surface area contributed by atoms with Crippen molar-refractivity contribution in [2.24, 2.45) is 0 Å². The van der Waals surface area contributed by atoms with Crippen molar-refractivity contribution in [2.45, 2.75) is 32.5 Å². The highest BCUT2D eigenvalue weighted by Gasteiger charge is 2.33. The molecule has 0 aliphatic carbocycles. The zero-order chi connectivity index (χ0) is 23.3. The van der Waals surface area contributed by atoms with Gasteiger partial charge in [-0.05, 0) is 18.6 Å². The summed E-state index contributed by atoms with van der Waals surface area (Å²) in [5.74, 6) is -0.103. The zero-order valence-electron chi connectivity index (χ0n) is 17.5. The van der Waals surface area contributed by atoms with E-state index in [-0.39, 0.29) is 24.6 Å². The number of rotatable bonds is 8. The third-order valence-corrected chi connectivity index (χ3v) is 6.23. The van der Waals surface area contributed by atoms with Crippen LogP contribution in [-0.4, -0.2) is 58.3 Å². The van der Waals surface area contributed by atoms with Crippen LogP contribution in [0.5, 0.6) is 0 Å². The van der Waals surface area contributed by atoms with E-state index in [4.69, 9.17) is 0 Å². The summed E-state index contributed by atoms with van der Waals surface area (Å²) in [5, 5.41) is 17.0. The van der Waals surface area contributed by atoms with Crippen molar-refractivity contribution in [1.29, 1.82) is 0 Å². The Kier molecular flexibility index (Phi) is 7.67. The highest BCUT2D eigenvalue weighted by Crippen LogP contribution is 2.34. The second-order valence-electron chi connectivity index (χ2n) is 7.41. The van der Waals surface area contributed by atoms with Gasteiger partial charge in [-0.2, -0.15) is 13.2 Å². The Balaban J connectivity index is 1.47. The summed E-state index contributed by atoms with van der Waals surface area (Å²) in [6, 6.07) is 2.30. The van der Waals surface area contributed by atoms with Crippen molar-refractivity contribution in [3.05, 3.63) is 50.0 Å². The predicted octanol–water partition coefficient (Wildman–Crippen LogP) is 3.78. The highest BCUT2D eigenvalue weighted by molar-refractivity contribution is 7.09. The Hall–Kier alpha value is -2.73. The molecule has 1 saturated heterocycles. The van der Waals surface area contributed by atoms with E-state index in [1.165, 1.54) is 0 Å². The first-order chi connectivity index (χ1) is 15.2. The molecule has 1 aliphatic rings. The molecular weight excluding hydrogens is 447 g/mol. The van der Waals surface area contributed by atoms with E-state index in [0.717, 1.165) is 48.9 Å². The molecule has 1 aromatic carbocycles. The molecule has 3 rings (SSSR count). The molecule has 1 N–H and O–H groups in total. The summed E-state index contributed by atoms with van der Waals surface area (Å²) >= 11 is 1.65. The Bertz CT molecular complexity index is 958. The minimum atomic E-state index is -4.67. The van der Waals surface area contributed by atoms with Gasteiger partial charge in [-0.3, -0.25) is 19.8 Å². The van der Waals surface area contributed by atoms with Gasteiger partial charge in [-0.25, -0.2) is 4.98 Å². The van der Waals surface area contributed by atoms with Crippen molar-refractivity contribution >= 4 is 28.6 Å². The standard InChI is InChI=1S/C20H24F3N5O3S/c1-2-18-25-15(13-32-18)12-26-7-9-27(10-8-26)19(29)5-6-24-16-4-3-14(20(21,22)23)11-17(16)28(30)31/h3-4,11,13,24H,2,5-10,12H2,1H3. The van der Waals surface area contributed by atoms with Gasteiger partial charge in [0.15, 0.2) is 0 Å². The second-order valence-corrected chi connectivity index (χ2v) is 8.35. The second kappa shape index (κ2) is 10.3. The monoisotopic (exact) mass is 471 g/mol. The number of amides is 1. The molecule has 1 fully saturated rings. The number of nitro groups is 1. The quantitative estimate of drug-likeness (QED) is 0.466. The van der Waals surface area contributed by atoms with Crippen molar-refractivity contribution < 1.29 is 22.9 Å². The number of aryl methyl sites for hydroxylation is 1. The minimum absolute atomic E-state index is 0.0460. The molecule has 174 valence electrons. The summed E-state index contributed by atoms with van der Waals surface area (Å²) in [6.45, 7) is 5.50. The smallest absolute Gasteiger partial charge is 0.379 e. The molecule has 1 amide bonds. The lowest BCUT2D eigenvalue weighted by Crippen LogP contribution is -2.48. The van der Waals surface area contributed by atoms with Crippen LogP contribution >= 0.6 is 11.3 Å². The van der Waals surface area contributed by atoms with E-state index < -0.39 is 22.4 Å². The van der Waals surface area contributed by atoms with Gasteiger partial charge in [0.25, 0.3) is 5.69 Å². The average Bonchev–Trinajstić information content (AvgIpc) is 3.21. The molecule has 1 aliphatic heterocycles. The molecular formula is C20H24F3N5O3S. The number of benzene rings is 1. The van der Waals surface area contributed by atoms with Crippen LogP contribution in [-0.2, 0) is 23.9 Å². The summed E-state index contributed by atoms with van der Waals surface area (Å²) < 4.78 is 38.4. The van der Waals surface area contributed by atoms with Gasteiger partial charge in [0.1, 0.15) is 5.69 Å². The van der Waals surface area contributed by atoms with E-state index in [2.05, 4.69) is 27.5 Å². The molecule has 2 aromatic rings. The van der Waals surface area contributed by atoms with E-state index in [9.17, 15) is 28.1 Å². The fourth-order valence-electron chi connectivity index (χ4n) is 3.44. The molecule has 1 aromatic heterocycles. The number of alkyl halides is 3. The summed E-state index contributed by atoms with van der Waals surface area (Å²) in [4.78, 5) is 31.3. The van der Waals surface area contributed by atoms with Gasteiger partial charge in [-0.1, -0.05) is 6.92 Å². The number of nitrogens with zero attached hydrogens (tertiary/aromatic N) is 4. The number of aromatic nitrogens is 1. The van der Waals surface area contributed by atoms with Crippen LogP contribution < -0.4 is 5.32 Å². The van der Waals surface area contributed by atoms with Crippen molar-refractivity contribution in [1.82, 2.24) is 14.8 Å². The summed E-state index contributed by atoms with van der Waals surface area (Å²) in [7, 11) is 0. The van der Waals surface area contributed by atoms with Gasteiger partial charge in [0, 0.05) is 57.1 Å². The van der Waals surface area contributed by atoms with E-state index in [1.807, 2.05) is 0 Å². The lowest BCUT2D eigenvalue weighted by Gasteiger charge is -2.34. The van der Waals surface area contributed by atoms with E-state index >= 15 is 0 Å². The van der Waals surface area contributed by atoms with Crippen LogP contribution in [0, 0.1) is 10.1 Å². The number of nitro benzene ring substituents is 1. The fraction of sp³-hybridized carbons (Fsp3) is 0.500. The zero-order valence-corrected chi connectivity index (χ0v) is 18.3. The third-order valence-electron chi connectivity index (χ3n) is 5.19. The van der Waals surface area contributed by atoms with Gasteiger partial charge in [0.05, 0.1) is 21.2 Å². The highest BCUT2D eigenvalue weighted by atomic mass is 32.1. The number of nitrogens with one attached hydrogen (secondary N) is 1.